The number of hydrogen-bond donors (Lipinski definition) is 1. The monoisotopic (exact) mass is 171 g/mol. The van der Waals surface area contributed by atoms with Crippen molar-refractivity contribution in [2.45, 2.75) is 32.7 Å². The Morgan fingerprint density at radius 3 is 2.67 bits per heavy atom. The maximum Gasteiger partial charge on any atom is 0.0558 e. The second kappa shape index (κ2) is 4.24. The van der Waals surface area contributed by atoms with E-state index in [0.717, 1.165) is 24.4 Å². The zero-order chi connectivity index (χ0) is 9.14. The second-order valence-electron chi connectivity index (χ2n) is 4.40. The van der Waals surface area contributed by atoms with Crippen molar-refractivity contribution < 1.29 is 5.11 Å². The van der Waals surface area contributed by atoms with E-state index < -0.39 is 0 Å². The third kappa shape index (κ3) is 2.76. The topological polar surface area (TPSA) is 23.5 Å². The molecule has 12 heavy (non-hydrogen) atoms. The van der Waals surface area contributed by atoms with Gasteiger partial charge in [-0.3, -0.25) is 0 Å². The smallest absolute Gasteiger partial charge is 0.0558 e. The molecule has 0 aromatic heterocycles. The van der Waals surface area contributed by atoms with Gasteiger partial charge in [-0.2, -0.15) is 0 Å². The summed E-state index contributed by atoms with van der Waals surface area (Å²) in [6, 6.07) is 0.763. The molecule has 0 amide bonds. The molecule has 2 unspecified atom stereocenters. The minimum absolute atomic E-state index is 0.293. The highest BCUT2D eigenvalue weighted by molar-refractivity contribution is 4.93. The molecule has 0 heterocycles. The molecule has 1 N–H and O–H groups in total. The Hall–Kier alpha value is -0.0800. The summed E-state index contributed by atoms with van der Waals surface area (Å²) in [4.78, 5) is 2.28. The lowest BCUT2D eigenvalue weighted by molar-refractivity contribution is 0.209. The summed E-state index contributed by atoms with van der Waals surface area (Å²) in [6.07, 6.45) is 2.69. The van der Waals surface area contributed by atoms with Crippen LogP contribution in [0.4, 0.5) is 0 Å². The van der Waals surface area contributed by atoms with Gasteiger partial charge in [-0.15, -0.1) is 0 Å². The van der Waals surface area contributed by atoms with E-state index in [2.05, 4.69) is 25.8 Å². The zero-order valence-electron chi connectivity index (χ0n) is 8.45. The molecule has 2 atom stereocenters. The van der Waals surface area contributed by atoms with Crippen LogP contribution >= 0.6 is 0 Å². The van der Waals surface area contributed by atoms with Crippen LogP contribution in [0.15, 0.2) is 0 Å². The molecule has 2 nitrogen and oxygen atoms in total. The summed E-state index contributed by atoms with van der Waals surface area (Å²) in [5.74, 6) is 1.73. The van der Waals surface area contributed by atoms with Gasteiger partial charge >= 0.3 is 0 Å². The van der Waals surface area contributed by atoms with Crippen LogP contribution in [0.5, 0.6) is 0 Å². The molecule has 1 fully saturated rings. The van der Waals surface area contributed by atoms with Crippen LogP contribution in [0.3, 0.4) is 0 Å². The average molecular weight is 171 g/mol. The largest absolute Gasteiger partial charge is 0.395 e. The highest BCUT2D eigenvalue weighted by atomic mass is 16.3. The summed E-state index contributed by atoms with van der Waals surface area (Å²) < 4.78 is 0. The summed E-state index contributed by atoms with van der Waals surface area (Å²) in [5.41, 5.74) is 0. The van der Waals surface area contributed by atoms with Crippen LogP contribution in [0.1, 0.15) is 26.7 Å². The van der Waals surface area contributed by atoms with Crippen molar-refractivity contribution in [3.8, 4) is 0 Å². The number of nitrogens with zero attached hydrogens (tertiary/aromatic N) is 1. The predicted molar refractivity (Wildman–Crippen MR) is 51.1 cm³/mol. The summed E-state index contributed by atoms with van der Waals surface area (Å²) in [6.45, 7) is 5.68. The molecule has 1 aliphatic rings. The molecular weight excluding hydrogens is 150 g/mol. The average Bonchev–Trinajstić information content (AvgIpc) is 2.67. The molecule has 0 aromatic carbocycles. The van der Waals surface area contributed by atoms with Gasteiger partial charge in [0.15, 0.2) is 0 Å². The lowest BCUT2D eigenvalue weighted by atomic mass is 10.1. The maximum atomic E-state index is 8.74. The number of hydrogen-bond acceptors (Lipinski definition) is 2. The van der Waals surface area contributed by atoms with Crippen molar-refractivity contribution in [2.24, 2.45) is 11.8 Å². The second-order valence-corrected chi connectivity index (χ2v) is 4.40. The fourth-order valence-electron chi connectivity index (χ4n) is 1.95. The number of rotatable bonds is 5. The van der Waals surface area contributed by atoms with Crippen molar-refractivity contribution >= 4 is 0 Å². The molecular formula is C10H21NO. The lowest BCUT2D eigenvalue weighted by Gasteiger charge is -2.15. The van der Waals surface area contributed by atoms with Crippen LogP contribution in [-0.2, 0) is 0 Å². The van der Waals surface area contributed by atoms with E-state index >= 15 is 0 Å². The third-order valence-electron chi connectivity index (χ3n) is 2.68. The predicted octanol–water partition coefficient (Wildman–Crippen LogP) is 1.35. The van der Waals surface area contributed by atoms with Crippen LogP contribution in [-0.4, -0.2) is 36.2 Å². The third-order valence-corrected chi connectivity index (χ3v) is 2.68. The number of likely N-dealkylation sites (N-methyl/N-ethyl adjacent to an activating group) is 1. The number of aliphatic hydroxyl groups is 1. The highest BCUT2D eigenvalue weighted by Crippen LogP contribution is 2.39. The molecule has 72 valence electrons. The first-order chi connectivity index (χ1) is 5.65. The minimum atomic E-state index is 0.293. The molecule has 0 aliphatic heterocycles. The van der Waals surface area contributed by atoms with Gasteiger partial charge in [0.2, 0.25) is 0 Å². The number of aliphatic hydroxyl groups excluding tert-OH is 1. The van der Waals surface area contributed by atoms with Gasteiger partial charge in [0, 0.05) is 12.6 Å². The van der Waals surface area contributed by atoms with Crippen LogP contribution in [0, 0.1) is 11.8 Å². The van der Waals surface area contributed by atoms with E-state index in [1.807, 2.05) is 0 Å². The first-order valence-corrected chi connectivity index (χ1v) is 4.96. The summed E-state index contributed by atoms with van der Waals surface area (Å²) in [5, 5.41) is 8.74. The molecule has 0 aromatic rings. The molecule has 1 saturated carbocycles. The maximum absolute atomic E-state index is 8.74. The van der Waals surface area contributed by atoms with Gasteiger partial charge in [0.05, 0.1) is 6.61 Å². The molecule has 0 bridgehead atoms. The lowest BCUT2D eigenvalue weighted by Crippen LogP contribution is -2.25. The Kier molecular flexibility index (Phi) is 3.53. The van der Waals surface area contributed by atoms with Crippen LogP contribution < -0.4 is 0 Å². The van der Waals surface area contributed by atoms with Crippen molar-refractivity contribution in [1.29, 1.82) is 0 Å². The first-order valence-electron chi connectivity index (χ1n) is 4.96. The van der Waals surface area contributed by atoms with E-state index in [9.17, 15) is 0 Å². The van der Waals surface area contributed by atoms with Gasteiger partial charge in [-0.25, -0.2) is 0 Å². The van der Waals surface area contributed by atoms with Crippen molar-refractivity contribution in [1.82, 2.24) is 4.90 Å². The van der Waals surface area contributed by atoms with Crippen molar-refractivity contribution in [3.63, 3.8) is 0 Å². The first kappa shape index (κ1) is 10.0. The Labute approximate surface area is 75.6 Å². The van der Waals surface area contributed by atoms with Crippen LogP contribution in [0.2, 0.25) is 0 Å². The van der Waals surface area contributed by atoms with E-state index in [1.165, 1.54) is 12.8 Å². The Balaban J connectivity index is 2.14. The molecule has 1 rings (SSSR count). The zero-order valence-corrected chi connectivity index (χ0v) is 8.45. The standard InChI is InChI=1S/C10H21NO/c1-8(2)6-9-7-10(9)11(3)4-5-12/h8-10,12H,4-7H2,1-3H3. The fourth-order valence-corrected chi connectivity index (χ4v) is 1.95. The van der Waals surface area contributed by atoms with Gasteiger partial charge in [-0.1, -0.05) is 13.8 Å². The quantitative estimate of drug-likeness (QED) is 0.675. The Morgan fingerprint density at radius 1 is 1.50 bits per heavy atom. The van der Waals surface area contributed by atoms with Gasteiger partial charge in [0.1, 0.15) is 0 Å². The normalized spacial score (nSPS) is 28.5. The van der Waals surface area contributed by atoms with Gasteiger partial charge < -0.3 is 10.0 Å². The minimum Gasteiger partial charge on any atom is -0.395 e. The van der Waals surface area contributed by atoms with E-state index in [4.69, 9.17) is 5.11 Å². The Bertz CT molecular complexity index is 136. The summed E-state index contributed by atoms with van der Waals surface area (Å²) >= 11 is 0. The molecule has 1 aliphatic carbocycles. The fraction of sp³-hybridized carbons (Fsp3) is 1.00. The molecule has 2 heteroatoms. The van der Waals surface area contributed by atoms with Gasteiger partial charge in [-0.05, 0) is 31.7 Å². The summed E-state index contributed by atoms with van der Waals surface area (Å²) in [7, 11) is 2.11. The molecule has 0 spiro atoms. The van der Waals surface area contributed by atoms with E-state index in [0.29, 0.717) is 6.61 Å². The highest BCUT2D eigenvalue weighted by Gasteiger charge is 2.39. The molecule has 0 saturated heterocycles. The molecule has 0 radical (unpaired) electrons. The Morgan fingerprint density at radius 2 is 2.17 bits per heavy atom. The van der Waals surface area contributed by atoms with E-state index in [1.54, 1.807) is 0 Å². The van der Waals surface area contributed by atoms with Gasteiger partial charge in [0.25, 0.3) is 0 Å². The SMILES string of the molecule is CC(C)CC1CC1N(C)CCO. The van der Waals surface area contributed by atoms with Crippen LogP contribution in [0.25, 0.3) is 0 Å². The van der Waals surface area contributed by atoms with Crippen molar-refractivity contribution in [3.05, 3.63) is 0 Å². The van der Waals surface area contributed by atoms with E-state index in [-0.39, 0.29) is 0 Å². The van der Waals surface area contributed by atoms with Crippen molar-refractivity contribution in [2.75, 3.05) is 20.2 Å².